The fourth-order valence-electron chi connectivity index (χ4n) is 1.45. The van der Waals surface area contributed by atoms with E-state index in [0.717, 1.165) is 25.1 Å². The topological polar surface area (TPSA) is 71.5 Å². The van der Waals surface area contributed by atoms with Crippen LogP contribution in [0.25, 0.3) is 0 Å². The van der Waals surface area contributed by atoms with Crippen LogP contribution in [0.5, 0.6) is 0 Å². The Kier molecular flexibility index (Phi) is 6.14. The summed E-state index contributed by atoms with van der Waals surface area (Å²) in [5.74, 6) is -0.571. The van der Waals surface area contributed by atoms with Crippen LogP contribution in [-0.4, -0.2) is 35.8 Å². The highest BCUT2D eigenvalue weighted by molar-refractivity contribution is 5.93. The molecule has 0 atom stereocenters. The Morgan fingerprint density at radius 1 is 1.44 bits per heavy atom. The summed E-state index contributed by atoms with van der Waals surface area (Å²) in [5, 5.41) is 12.0. The number of carboxylic acids is 1. The number of anilines is 1. The molecule has 1 heterocycles. The van der Waals surface area contributed by atoms with Crippen LogP contribution in [0.15, 0.2) is 12.1 Å². The van der Waals surface area contributed by atoms with Crippen LogP contribution < -0.4 is 5.32 Å². The first-order valence-electron chi connectivity index (χ1n) is 6.17. The van der Waals surface area contributed by atoms with Gasteiger partial charge >= 0.3 is 5.97 Å². The van der Waals surface area contributed by atoms with Crippen molar-refractivity contribution in [2.45, 2.75) is 26.7 Å². The van der Waals surface area contributed by atoms with Crippen molar-refractivity contribution in [2.24, 2.45) is 0 Å². The Bertz CT molecular complexity index is 394. The highest BCUT2D eigenvalue weighted by Gasteiger charge is 2.10. The van der Waals surface area contributed by atoms with Crippen LogP contribution in [0, 0.1) is 6.92 Å². The zero-order chi connectivity index (χ0) is 13.4. The van der Waals surface area contributed by atoms with Gasteiger partial charge in [0.2, 0.25) is 0 Å². The smallest absolute Gasteiger partial charge is 0.339 e. The third kappa shape index (κ3) is 4.71. The number of nitrogens with one attached hydrogen (secondary N) is 1. The lowest BCUT2D eigenvalue weighted by Crippen LogP contribution is -2.14. The van der Waals surface area contributed by atoms with Gasteiger partial charge < -0.3 is 15.2 Å². The number of aromatic nitrogens is 1. The molecule has 0 aromatic carbocycles. The van der Waals surface area contributed by atoms with E-state index in [-0.39, 0.29) is 5.56 Å². The first kappa shape index (κ1) is 14.4. The van der Waals surface area contributed by atoms with Gasteiger partial charge in [-0.1, -0.05) is 13.3 Å². The number of aryl methyl sites for hydroxylation is 1. The molecule has 0 aliphatic carbocycles. The second-order valence-electron chi connectivity index (χ2n) is 4.05. The van der Waals surface area contributed by atoms with Crippen molar-refractivity contribution < 1.29 is 14.6 Å². The number of pyridine rings is 1. The van der Waals surface area contributed by atoms with Gasteiger partial charge in [-0.25, -0.2) is 9.78 Å². The van der Waals surface area contributed by atoms with E-state index in [4.69, 9.17) is 9.84 Å². The summed E-state index contributed by atoms with van der Waals surface area (Å²) >= 11 is 0. The average molecular weight is 252 g/mol. The minimum atomic E-state index is -0.975. The van der Waals surface area contributed by atoms with E-state index >= 15 is 0 Å². The number of nitrogens with zero attached hydrogens (tertiary/aromatic N) is 1. The molecule has 0 fully saturated rings. The fraction of sp³-hybridized carbons (Fsp3) is 0.538. The lowest BCUT2D eigenvalue weighted by Gasteiger charge is -2.09. The molecule has 0 saturated carbocycles. The highest BCUT2D eigenvalue weighted by atomic mass is 16.5. The normalized spacial score (nSPS) is 10.3. The van der Waals surface area contributed by atoms with Gasteiger partial charge in [-0.2, -0.15) is 0 Å². The predicted molar refractivity (Wildman–Crippen MR) is 70.2 cm³/mol. The highest BCUT2D eigenvalue weighted by Crippen LogP contribution is 2.12. The Morgan fingerprint density at radius 2 is 2.22 bits per heavy atom. The van der Waals surface area contributed by atoms with Crippen LogP contribution in [-0.2, 0) is 4.74 Å². The van der Waals surface area contributed by atoms with Gasteiger partial charge in [-0.15, -0.1) is 0 Å². The molecule has 2 N–H and O–H groups in total. The molecule has 0 radical (unpaired) electrons. The summed E-state index contributed by atoms with van der Waals surface area (Å²) < 4.78 is 5.39. The summed E-state index contributed by atoms with van der Waals surface area (Å²) in [4.78, 5) is 15.2. The van der Waals surface area contributed by atoms with Gasteiger partial charge in [-0.3, -0.25) is 0 Å². The van der Waals surface area contributed by atoms with E-state index in [1.165, 1.54) is 0 Å². The molecule has 1 aromatic heterocycles. The summed E-state index contributed by atoms with van der Waals surface area (Å²) in [6, 6.07) is 3.25. The molecule has 0 amide bonds. The van der Waals surface area contributed by atoms with Crippen LogP contribution in [0.1, 0.15) is 35.8 Å². The van der Waals surface area contributed by atoms with Gasteiger partial charge in [0.05, 0.1) is 6.61 Å². The molecular weight excluding hydrogens is 232 g/mol. The van der Waals surface area contributed by atoms with E-state index in [9.17, 15) is 4.79 Å². The second-order valence-corrected chi connectivity index (χ2v) is 4.05. The Labute approximate surface area is 107 Å². The van der Waals surface area contributed by atoms with Gasteiger partial charge in [0.25, 0.3) is 0 Å². The van der Waals surface area contributed by atoms with Crippen molar-refractivity contribution in [3.63, 3.8) is 0 Å². The minimum Gasteiger partial charge on any atom is -0.478 e. The summed E-state index contributed by atoms with van der Waals surface area (Å²) in [6.45, 7) is 5.78. The van der Waals surface area contributed by atoms with Gasteiger partial charge in [0, 0.05) is 18.8 Å². The van der Waals surface area contributed by atoms with Crippen LogP contribution >= 0.6 is 0 Å². The molecule has 0 aliphatic rings. The van der Waals surface area contributed by atoms with Gasteiger partial charge in [0.1, 0.15) is 11.4 Å². The van der Waals surface area contributed by atoms with Crippen molar-refractivity contribution >= 4 is 11.8 Å². The third-order valence-electron chi connectivity index (χ3n) is 2.45. The zero-order valence-electron chi connectivity index (χ0n) is 10.9. The van der Waals surface area contributed by atoms with Crippen LogP contribution in [0.4, 0.5) is 5.82 Å². The first-order chi connectivity index (χ1) is 8.65. The number of ether oxygens (including phenoxy) is 1. The maximum absolute atomic E-state index is 11.0. The minimum absolute atomic E-state index is 0.189. The molecule has 5 nitrogen and oxygen atoms in total. The van der Waals surface area contributed by atoms with Gasteiger partial charge in [0.15, 0.2) is 0 Å². The molecule has 1 rings (SSSR count). The maximum atomic E-state index is 11.0. The van der Waals surface area contributed by atoms with Gasteiger partial charge in [-0.05, 0) is 25.5 Å². The number of aromatic carboxylic acids is 1. The van der Waals surface area contributed by atoms with Crippen molar-refractivity contribution in [3.05, 3.63) is 23.4 Å². The molecule has 0 bridgehead atoms. The molecular formula is C13H20N2O3. The van der Waals surface area contributed by atoms with E-state index in [1.54, 1.807) is 12.1 Å². The standard InChI is InChI=1S/C13H20N2O3/c1-3-4-8-18-9-7-14-12-11(13(16)17)6-5-10(2)15-12/h5-6H,3-4,7-9H2,1-2H3,(H,14,15)(H,16,17). The van der Waals surface area contributed by atoms with E-state index in [2.05, 4.69) is 17.2 Å². The monoisotopic (exact) mass is 252 g/mol. The Hall–Kier alpha value is -1.62. The number of carboxylic acid groups (broad SMARTS) is 1. The largest absolute Gasteiger partial charge is 0.478 e. The predicted octanol–water partition coefficient (Wildman–Crippen LogP) is 2.32. The van der Waals surface area contributed by atoms with Crippen LogP contribution in [0.3, 0.4) is 0 Å². The summed E-state index contributed by atoms with van der Waals surface area (Å²) in [7, 11) is 0. The molecule has 0 spiro atoms. The average Bonchev–Trinajstić information content (AvgIpc) is 2.33. The summed E-state index contributed by atoms with van der Waals surface area (Å²) in [6.07, 6.45) is 2.15. The van der Waals surface area contributed by atoms with E-state index in [0.29, 0.717) is 19.0 Å². The zero-order valence-corrected chi connectivity index (χ0v) is 10.9. The van der Waals surface area contributed by atoms with E-state index in [1.807, 2.05) is 6.92 Å². The number of hydrogen-bond acceptors (Lipinski definition) is 4. The fourth-order valence-corrected chi connectivity index (χ4v) is 1.45. The van der Waals surface area contributed by atoms with Crippen LogP contribution in [0.2, 0.25) is 0 Å². The number of carbonyl (C=O) groups is 1. The van der Waals surface area contributed by atoms with E-state index < -0.39 is 5.97 Å². The third-order valence-corrected chi connectivity index (χ3v) is 2.45. The first-order valence-corrected chi connectivity index (χ1v) is 6.17. The summed E-state index contributed by atoms with van der Waals surface area (Å²) in [5.41, 5.74) is 0.976. The van der Waals surface area contributed by atoms with Crippen molar-refractivity contribution in [3.8, 4) is 0 Å². The van der Waals surface area contributed by atoms with Crippen molar-refractivity contribution in [2.75, 3.05) is 25.1 Å². The Balaban J connectivity index is 2.45. The number of hydrogen-bond donors (Lipinski definition) is 2. The van der Waals surface area contributed by atoms with Crippen molar-refractivity contribution in [1.29, 1.82) is 0 Å². The second kappa shape index (κ2) is 7.66. The number of rotatable bonds is 8. The molecule has 100 valence electrons. The quantitative estimate of drug-likeness (QED) is 0.695. The molecule has 0 unspecified atom stereocenters. The lowest BCUT2D eigenvalue weighted by atomic mass is 10.2. The SMILES string of the molecule is CCCCOCCNc1nc(C)ccc1C(=O)O. The molecule has 18 heavy (non-hydrogen) atoms. The molecule has 5 heteroatoms. The molecule has 0 saturated heterocycles. The number of unbranched alkanes of at least 4 members (excludes halogenated alkanes) is 1. The van der Waals surface area contributed by atoms with Crippen molar-refractivity contribution in [1.82, 2.24) is 4.98 Å². The Morgan fingerprint density at radius 3 is 2.89 bits per heavy atom. The maximum Gasteiger partial charge on any atom is 0.339 e. The lowest BCUT2D eigenvalue weighted by molar-refractivity contribution is 0.0697. The molecule has 1 aromatic rings. The molecule has 0 aliphatic heterocycles.